The van der Waals surface area contributed by atoms with Crippen LogP contribution < -0.4 is 5.32 Å². The number of hydrogen-bond acceptors (Lipinski definition) is 5. The van der Waals surface area contributed by atoms with Crippen LogP contribution in [0.3, 0.4) is 0 Å². The molecule has 1 fully saturated rings. The molecule has 1 N–H and O–H groups in total. The maximum absolute atomic E-state index is 14.7. The highest BCUT2D eigenvalue weighted by Gasteiger charge is 2.32. The molecule has 0 bridgehead atoms. The maximum Gasteiger partial charge on any atom is 0.242 e. The Morgan fingerprint density at radius 1 is 0.878 bits per heavy atom. The van der Waals surface area contributed by atoms with Crippen molar-refractivity contribution < 1.29 is 9.18 Å². The first-order valence-corrected chi connectivity index (χ1v) is 14.2. The molecule has 1 amide bonds. The summed E-state index contributed by atoms with van der Waals surface area (Å²) in [5.74, 6) is 0.219. The van der Waals surface area contributed by atoms with Gasteiger partial charge in [0.05, 0.1) is 18.8 Å². The molecule has 8 heteroatoms. The summed E-state index contributed by atoms with van der Waals surface area (Å²) >= 11 is 0. The molecule has 0 unspecified atom stereocenters. The average molecular weight is 547 g/mol. The zero-order valence-electron chi connectivity index (χ0n) is 22.7. The van der Waals surface area contributed by atoms with E-state index in [4.69, 9.17) is 0 Å². The normalized spacial score (nSPS) is 15.8. The number of aryl methyl sites for hydroxylation is 2. The van der Waals surface area contributed by atoms with Gasteiger partial charge in [-0.2, -0.15) is 0 Å². The van der Waals surface area contributed by atoms with Crippen molar-refractivity contribution in [3.63, 3.8) is 0 Å². The molecule has 0 saturated carbocycles. The molecule has 3 heterocycles. The van der Waals surface area contributed by atoms with E-state index < -0.39 is 0 Å². The highest BCUT2D eigenvalue weighted by Crippen LogP contribution is 2.37. The van der Waals surface area contributed by atoms with Gasteiger partial charge in [-0.1, -0.05) is 60.7 Å². The second-order valence-corrected chi connectivity index (χ2v) is 10.7. The third-order valence-corrected chi connectivity index (χ3v) is 8.36. The van der Waals surface area contributed by atoms with Gasteiger partial charge in [0.1, 0.15) is 17.3 Å². The Morgan fingerprint density at radius 2 is 1.54 bits per heavy atom. The fourth-order valence-corrected chi connectivity index (χ4v) is 6.30. The Hall–Kier alpha value is -4.56. The molecule has 1 saturated heterocycles. The predicted molar refractivity (Wildman–Crippen MR) is 157 cm³/mol. The molecule has 2 aliphatic rings. The van der Waals surface area contributed by atoms with Crippen molar-refractivity contribution in [1.82, 2.24) is 24.2 Å². The van der Waals surface area contributed by atoms with Crippen molar-refractivity contribution in [3.8, 4) is 11.3 Å². The van der Waals surface area contributed by atoms with Crippen molar-refractivity contribution in [1.29, 1.82) is 0 Å². The van der Waals surface area contributed by atoms with Gasteiger partial charge in [-0.3, -0.25) is 19.1 Å². The molecule has 7 rings (SSSR count). The third kappa shape index (κ3) is 4.74. The van der Waals surface area contributed by atoms with Crippen molar-refractivity contribution >= 4 is 17.4 Å². The topological polar surface area (TPSA) is 65.8 Å². The largest absolute Gasteiger partial charge is 0.360 e. The van der Waals surface area contributed by atoms with E-state index in [9.17, 15) is 9.18 Å². The van der Waals surface area contributed by atoms with Gasteiger partial charge in [0.15, 0.2) is 5.65 Å². The Kier molecular flexibility index (Phi) is 6.68. The van der Waals surface area contributed by atoms with Gasteiger partial charge in [0.25, 0.3) is 0 Å². The number of amides is 1. The third-order valence-electron chi connectivity index (χ3n) is 8.36. The van der Waals surface area contributed by atoms with Gasteiger partial charge in [-0.15, -0.1) is 0 Å². The number of benzene rings is 3. The zero-order valence-corrected chi connectivity index (χ0v) is 22.7. The Bertz CT molecular complexity index is 1680. The minimum absolute atomic E-state index is 0.00908. The first-order chi connectivity index (χ1) is 20.2. The summed E-state index contributed by atoms with van der Waals surface area (Å²) in [5, 5.41) is 3.27. The number of piperazine rings is 1. The summed E-state index contributed by atoms with van der Waals surface area (Å²) < 4.78 is 16.5. The smallest absolute Gasteiger partial charge is 0.242 e. The maximum atomic E-state index is 14.7. The van der Waals surface area contributed by atoms with Crippen LogP contribution in [0.1, 0.15) is 28.3 Å². The molecule has 206 valence electrons. The Morgan fingerprint density at radius 3 is 2.24 bits per heavy atom. The highest BCUT2D eigenvalue weighted by molar-refractivity contribution is 5.84. The second-order valence-electron chi connectivity index (χ2n) is 10.7. The van der Waals surface area contributed by atoms with E-state index in [0.717, 1.165) is 25.9 Å². The van der Waals surface area contributed by atoms with Crippen LogP contribution in [0.15, 0.2) is 91.4 Å². The molecule has 1 aliphatic carbocycles. The summed E-state index contributed by atoms with van der Waals surface area (Å²) in [7, 11) is 0. The van der Waals surface area contributed by atoms with Gasteiger partial charge >= 0.3 is 0 Å². The summed E-state index contributed by atoms with van der Waals surface area (Å²) in [5.41, 5.74) is 6.99. The highest BCUT2D eigenvalue weighted by atomic mass is 19.1. The molecule has 7 nitrogen and oxygen atoms in total. The number of nitrogens with one attached hydrogen (secondary N) is 1. The number of rotatable bonds is 5. The van der Waals surface area contributed by atoms with E-state index >= 15 is 0 Å². The van der Waals surface area contributed by atoms with E-state index in [2.05, 4.69) is 68.7 Å². The number of anilines is 1. The van der Waals surface area contributed by atoms with Crippen LogP contribution in [0, 0.1) is 5.82 Å². The minimum atomic E-state index is -0.365. The summed E-state index contributed by atoms with van der Waals surface area (Å²) in [6.07, 6.45) is 7.13. The van der Waals surface area contributed by atoms with Crippen molar-refractivity contribution in [2.45, 2.75) is 18.9 Å². The van der Waals surface area contributed by atoms with E-state index in [1.165, 1.54) is 28.3 Å². The van der Waals surface area contributed by atoms with E-state index in [1.807, 2.05) is 4.90 Å². The lowest BCUT2D eigenvalue weighted by molar-refractivity contribution is -0.131. The number of carbonyl (C=O) groups is 1. The van der Waals surface area contributed by atoms with Gasteiger partial charge in [0.2, 0.25) is 5.91 Å². The molecule has 2 aromatic heterocycles. The lowest BCUT2D eigenvalue weighted by atomic mass is 9.92. The summed E-state index contributed by atoms with van der Waals surface area (Å²) in [6, 6.07) is 24.3. The average Bonchev–Trinajstić information content (AvgIpc) is 3.29. The SMILES string of the molecule is O=C(CNc1c(-c2ccccc2F)nc2cnccn12)N1CCN(C2c3ccccc3CCc3ccccc32)CC1. The monoisotopic (exact) mass is 546 g/mol. The lowest BCUT2D eigenvalue weighted by Gasteiger charge is -2.40. The molecule has 41 heavy (non-hydrogen) atoms. The molecule has 5 aromatic rings. The van der Waals surface area contributed by atoms with Crippen LogP contribution >= 0.6 is 0 Å². The predicted octanol–water partition coefficient (Wildman–Crippen LogP) is 4.98. The van der Waals surface area contributed by atoms with Gasteiger partial charge in [-0.25, -0.2) is 9.37 Å². The first kappa shape index (κ1) is 25.4. The zero-order chi connectivity index (χ0) is 27.8. The van der Waals surface area contributed by atoms with Gasteiger partial charge < -0.3 is 10.2 Å². The molecule has 0 spiro atoms. The van der Waals surface area contributed by atoms with E-state index in [-0.39, 0.29) is 24.3 Å². The number of halogens is 1. The van der Waals surface area contributed by atoms with Crippen LogP contribution in [-0.4, -0.2) is 62.8 Å². The van der Waals surface area contributed by atoms with E-state index in [1.54, 1.807) is 41.2 Å². The number of nitrogens with zero attached hydrogens (tertiary/aromatic N) is 5. The van der Waals surface area contributed by atoms with Crippen molar-refractivity contribution in [3.05, 3.63) is 119 Å². The molecule has 0 atom stereocenters. The number of imidazole rings is 1. The van der Waals surface area contributed by atoms with Crippen molar-refractivity contribution in [2.75, 3.05) is 38.0 Å². The number of hydrogen-bond donors (Lipinski definition) is 1. The van der Waals surface area contributed by atoms with Crippen LogP contribution in [0.4, 0.5) is 10.2 Å². The quantitative estimate of drug-likeness (QED) is 0.337. The number of carbonyl (C=O) groups excluding carboxylic acids is 1. The standard InChI is InChI=1S/C33H31FN6O/c34-28-12-6-5-11-27(28)31-33(40-16-15-35-21-29(40)37-31)36-22-30(41)38-17-19-39(20-18-38)32-25-9-3-1-7-23(25)13-14-24-8-2-4-10-26(24)32/h1-12,15-16,21,32,36H,13-14,17-20,22H2. The van der Waals surface area contributed by atoms with Crippen LogP contribution in [0.25, 0.3) is 16.9 Å². The van der Waals surface area contributed by atoms with Crippen LogP contribution in [0.5, 0.6) is 0 Å². The number of fused-ring (bicyclic) bond motifs is 3. The van der Waals surface area contributed by atoms with Crippen molar-refractivity contribution in [2.24, 2.45) is 0 Å². The summed E-state index contributed by atoms with van der Waals surface area (Å²) in [4.78, 5) is 26.6. The molecular formula is C33H31FN6O. The van der Waals surface area contributed by atoms with Gasteiger partial charge in [-0.05, 0) is 47.2 Å². The fraction of sp³-hybridized carbons (Fsp3) is 0.242. The molecule has 0 radical (unpaired) electrons. The van der Waals surface area contributed by atoms with Crippen LogP contribution in [0.2, 0.25) is 0 Å². The minimum Gasteiger partial charge on any atom is -0.360 e. The number of aromatic nitrogens is 3. The van der Waals surface area contributed by atoms with Gasteiger partial charge in [0, 0.05) is 44.1 Å². The van der Waals surface area contributed by atoms with E-state index in [0.29, 0.717) is 35.8 Å². The molecule has 3 aromatic carbocycles. The summed E-state index contributed by atoms with van der Waals surface area (Å²) in [6.45, 7) is 2.98. The fourth-order valence-electron chi connectivity index (χ4n) is 6.30. The lowest BCUT2D eigenvalue weighted by Crippen LogP contribution is -2.51. The Balaban J connectivity index is 1.08. The molecular weight excluding hydrogens is 515 g/mol. The Labute approximate surface area is 238 Å². The molecule has 1 aliphatic heterocycles. The van der Waals surface area contributed by atoms with Crippen LogP contribution in [-0.2, 0) is 17.6 Å². The second kappa shape index (κ2) is 10.8. The first-order valence-electron chi connectivity index (χ1n) is 14.2.